The molecule has 3 aromatic rings. The maximum Gasteiger partial charge on any atom is 0.236 e. The van der Waals surface area contributed by atoms with Crippen LogP contribution in [-0.4, -0.2) is 52.7 Å². The molecule has 2 aliphatic rings. The number of nitriles is 1. The number of benzene rings is 2. The van der Waals surface area contributed by atoms with Gasteiger partial charge in [0.2, 0.25) is 5.91 Å². The first kappa shape index (κ1) is 25.4. The van der Waals surface area contributed by atoms with E-state index in [1.54, 1.807) is 16.2 Å². The Morgan fingerprint density at radius 2 is 2.19 bits per heavy atom. The van der Waals surface area contributed by atoms with E-state index in [0.29, 0.717) is 17.9 Å². The van der Waals surface area contributed by atoms with E-state index in [1.807, 2.05) is 38.2 Å². The molecule has 0 saturated carbocycles. The molecule has 0 bridgehead atoms. The molecular weight excluding hydrogens is 484 g/mol. The fraction of sp³-hybridized carbons (Fsp3) is 0.414. The van der Waals surface area contributed by atoms with Gasteiger partial charge in [0.25, 0.3) is 0 Å². The SMILES string of the molecule is CC(C)Oc1ccc(-c2ncc(-c3cccc4c3CC[C@@H]4NCC(=O)N3CCC[C@H](O)C3)s2)cc1C#N. The van der Waals surface area contributed by atoms with E-state index in [-0.39, 0.29) is 24.6 Å². The van der Waals surface area contributed by atoms with Crippen LogP contribution in [0.3, 0.4) is 0 Å². The van der Waals surface area contributed by atoms with Crippen molar-refractivity contribution in [1.82, 2.24) is 15.2 Å². The molecule has 1 fully saturated rings. The molecule has 1 aromatic heterocycles. The van der Waals surface area contributed by atoms with Crippen LogP contribution in [0.4, 0.5) is 0 Å². The molecule has 1 aliphatic carbocycles. The predicted octanol–water partition coefficient (Wildman–Crippen LogP) is 4.70. The Morgan fingerprint density at radius 1 is 1.32 bits per heavy atom. The molecule has 192 valence electrons. The van der Waals surface area contributed by atoms with Crippen molar-refractivity contribution < 1.29 is 14.6 Å². The maximum atomic E-state index is 12.7. The Balaban J connectivity index is 1.31. The lowest BCUT2D eigenvalue weighted by atomic mass is 10.0. The summed E-state index contributed by atoms with van der Waals surface area (Å²) < 4.78 is 5.76. The number of rotatable bonds is 7. The fourth-order valence-corrected chi connectivity index (χ4v) is 6.21. The van der Waals surface area contributed by atoms with Gasteiger partial charge in [-0.15, -0.1) is 11.3 Å². The quantitative estimate of drug-likeness (QED) is 0.473. The van der Waals surface area contributed by atoms with Crippen molar-refractivity contribution >= 4 is 17.2 Å². The molecule has 2 heterocycles. The summed E-state index contributed by atoms with van der Waals surface area (Å²) in [6.07, 6.45) is 5.00. The van der Waals surface area contributed by atoms with Crippen molar-refractivity contribution in [3.05, 3.63) is 59.3 Å². The summed E-state index contributed by atoms with van der Waals surface area (Å²) in [5, 5.41) is 23.8. The molecular formula is C29H32N4O3S. The van der Waals surface area contributed by atoms with Crippen LogP contribution in [0.5, 0.6) is 5.75 Å². The topological polar surface area (TPSA) is 98.5 Å². The Morgan fingerprint density at radius 3 is 2.97 bits per heavy atom. The number of aliphatic hydroxyl groups is 1. The van der Waals surface area contributed by atoms with E-state index in [0.717, 1.165) is 47.7 Å². The lowest BCUT2D eigenvalue weighted by molar-refractivity contribution is -0.133. The Bertz CT molecular complexity index is 1330. The number of ether oxygens (including phenoxy) is 1. The highest BCUT2D eigenvalue weighted by molar-refractivity contribution is 7.18. The average molecular weight is 517 g/mol. The van der Waals surface area contributed by atoms with Gasteiger partial charge in [-0.2, -0.15) is 5.26 Å². The largest absolute Gasteiger partial charge is 0.490 e. The Kier molecular flexibility index (Phi) is 7.56. The van der Waals surface area contributed by atoms with Crippen molar-refractivity contribution in [3.8, 4) is 32.8 Å². The lowest BCUT2D eigenvalue weighted by Gasteiger charge is -2.30. The van der Waals surface area contributed by atoms with Gasteiger partial charge in [-0.25, -0.2) is 4.98 Å². The standard InChI is InChI=1S/C29H32N4O3S/c1-18(2)36-26-11-8-19(13-20(26)14-30)29-32-15-27(37-29)24-7-3-6-23-22(24)9-10-25(23)31-16-28(35)33-12-4-5-21(34)17-33/h3,6-8,11,13,15,18,21,25,31,34H,4-5,9-10,12,16-17H2,1-2H3/t21-,25-/m0/s1. The van der Waals surface area contributed by atoms with E-state index in [2.05, 4.69) is 34.6 Å². The van der Waals surface area contributed by atoms with Gasteiger partial charge in [0.15, 0.2) is 0 Å². The van der Waals surface area contributed by atoms with E-state index in [1.165, 1.54) is 16.7 Å². The van der Waals surface area contributed by atoms with Crippen LogP contribution in [0.25, 0.3) is 21.0 Å². The number of likely N-dealkylation sites (tertiary alicyclic amines) is 1. The second kappa shape index (κ2) is 11.0. The minimum Gasteiger partial charge on any atom is -0.490 e. The van der Waals surface area contributed by atoms with E-state index in [9.17, 15) is 15.2 Å². The molecule has 2 N–H and O–H groups in total. The van der Waals surface area contributed by atoms with Crippen molar-refractivity contribution in [3.63, 3.8) is 0 Å². The van der Waals surface area contributed by atoms with E-state index in [4.69, 9.17) is 4.74 Å². The van der Waals surface area contributed by atoms with Crippen LogP contribution in [0, 0.1) is 11.3 Å². The van der Waals surface area contributed by atoms with Crippen molar-refractivity contribution in [1.29, 1.82) is 5.26 Å². The third-order valence-corrected chi connectivity index (χ3v) is 8.08. The molecule has 8 heteroatoms. The Hall–Kier alpha value is -3.25. The molecule has 5 rings (SSSR count). The molecule has 1 aliphatic heterocycles. The van der Waals surface area contributed by atoms with Crippen LogP contribution in [-0.2, 0) is 11.2 Å². The first-order chi connectivity index (χ1) is 17.9. The first-order valence-electron chi connectivity index (χ1n) is 12.9. The zero-order valence-electron chi connectivity index (χ0n) is 21.2. The highest BCUT2D eigenvalue weighted by atomic mass is 32.1. The third-order valence-electron chi connectivity index (χ3n) is 7.00. The van der Waals surface area contributed by atoms with Gasteiger partial charge in [-0.1, -0.05) is 18.2 Å². The molecule has 1 saturated heterocycles. The van der Waals surface area contributed by atoms with Crippen LogP contribution in [0.15, 0.2) is 42.6 Å². The van der Waals surface area contributed by atoms with Gasteiger partial charge in [0.05, 0.1) is 29.2 Å². The summed E-state index contributed by atoms with van der Waals surface area (Å²) in [4.78, 5) is 20.2. The number of hydrogen-bond donors (Lipinski definition) is 2. The number of aliphatic hydroxyl groups excluding tert-OH is 1. The molecule has 37 heavy (non-hydrogen) atoms. The summed E-state index contributed by atoms with van der Waals surface area (Å²) in [7, 11) is 0. The van der Waals surface area contributed by atoms with E-state index >= 15 is 0 Å². The minimum absolute atomic E-state index is 0.00121. The fourth-order valence-electron chi connectivity index (χ4n) is 5.24. The van der Waals surface area contributed by atoms with Crippen molar-refractivity contribution in [2.45, 2.75) is 57.8 Å². The minimum atomic E-state index is -0.408. The van der Waals surface area contributed by atoms with E-state index < -0.39 is 6.10 Å². The average Bonchev–Trinajstić information content (AvgIpc) is 3.55. The second-order valence-corrected chi connectivity index (χ2v) is 11.0. The highest BCUT2D eigenvalue weighted by Gasteiger charge is 2.27. The van der Waals surface area contributed by atoms with Gasteiger partial charge in [0.1, 0.15) is 16.8 Å². The number of carbonyl (C=O) groups is 1. The molecule has 0 spiro atoms. The third kappa shape index (κ3) is 5.54. The van der Waals surface area contributed by atoms with Crippen LogP contribution >= 0.6 is 11.3 Å². The first-order valence-corrected chi connectivity index (χ1v) is 13.7. The zero-order chi connectivity index (χ0) is 25.9. The second-order valence-electron chi connectivity index (χ2n) is 10.0. The number of aromatic nitrogens is 1. The number of β-amino-alcohol motifs (C(OH)–C–C–N with tert-alkyl or cyclic N) is 1. The summed E-state index contributed by atoms with van der Waals surface area (Å²) >= 11 is 1.62. The molecule has 0 unspecified atom stereocenters. The highest BCUT2D eigenvalue weighted by Crippen LogP contribution is 2.41. The molecule has 0 radical (unpaired) electrons. The van der Waals surface area contributed by atoms with Crippen LogP contribution < -0.4 is 10.1 Å². The number of hydrogen-bond acceptors (Lipinski definition) is 7. The summed E-state index contributed by atoms with van der Waals surface area (Å²) in [5.41, 5.74) is 5.12. The molecule has 2 atom stereocenters. The van der Waals surface area contributed by atoms with Gasteiger partial charge < -0.3 is 20.1 Å². The zero-order valence-corrected chi connectivity index (χ0v) is 22.1. The molecule has 2 aromatic carbocycles. The lowest BCUT2D eigenvalue weighted by Crippen LogP contribution is -2.46. The van der Waals surface area contributed by atoms with Crippen LogP contribution in [0.2, 0.25) is 0 Å². The number of fused-ring (bicyclic) bond motifs is 1. The molecule has 1 amide bonds. The Labute approximate surface area is 221 Å². The van der Waals surface area contributed by atoms with Gasteiger partial charge >= 0.3 is 0 Å². The van der Waals surface area contributed by atoms with Crippen molar-refractivity contribution in [2.24, 2.45) is 0 Å². The number of nitrogens with zero attached hydrogens (tertiary/aromatic N) is 3. The van der Waals surface area contributed by atoms with Crippen molar-refractivity contribution in [2.75, 3.05) is 19.6 Å². The number of amides is 1. The summed E-state index contributed by atoms with van der Waals surface area (Å²) in [5.74, 6) is 0.643. The monoisotopic (exact) mass is 516 g/mol. The summed E-state index contributed by atoms with van der Waals surface area (Å²) in [6, 6.07) is 14.4. The number of piperidine rings is 1. The maximum absolute atomic E-state index is 12.7. The smallest absolute Gasteiger partial charge is 0.236 e. The normalized spacial score (nSPS) is 19.1. The number of nitrogens with one attached hydrogen (secondary N) is 1. The van der Waals surface area contributed by atoms with Gasteiger partial charge in [0, 0.05) is 30.9 Å². The van der Waals surface area contributed by atoms with Crippen LogP contribution in [0.1, 0.15) is 55.8 Å². The van der Waals surface area contributed by atoms with Gasteiger partial charge in [-0.05, 0) is 74.4 Å². The van der Waals surface area contributed by atoms with Gasteiger partial charge in [-0.3, -0.25) is 4.79 Å². The summed E-state index contributed by atoms with van der Waals surface area (Å²) in [6.45, 7) is 5.32. The number of thiazole rings is 1. The predicted molar refractivity (Wildman–Crippen MR) is 144 cm³/mol. The number of carbonyl (C=O) groups excluding carboxylic acids is 1. The molecule has 7 nitrogen and oxygen atoms in total.